The second kappa shape index (κ2) is 3.58. The van der Waals surface area contributed by atoms with Crippen LogP contribution < -0.4 is 21.8 Å². The first-order valence-corrected chi connectivity index (χ1v) is 4.08. The van der Waals surface area contributed by atoms with Crippen LogP contribution >= 0.6 is 12.2 Å². The van der Waals surface area contributed by atoms with E-state index in [4.69, 9.17) is 5.73 Å². The number of amides is 3. The number of imide groups is 1. The van der Waals surface area contributed by atoms with Crippen LogP contribution in [0.4, 0.5) is 4.79 Å². The van der Waals surface area contributed by atoms with Crippen molar-refractivity contribution in [3.63, 3.8) is 0 Å². The maximum atomic E-state index is 11.2. The summed E-state index contributed by atoms with van der Waals surface area (Å²) in [6, 6.07) is -0.556. The number of hydrogen-bond donors (Lipinski definition) is 4. The molecule has 1 aliphatic heterocycles. The average molecular weight is 215 g/mol. The zero-order chi connectivity index (χ0) is 10.8. The van der Waals surface area contributed by atoms with Crippen LogP contribution in [0.3, 0.4) is 0 Å². The highest BCUT2D eigenvalue weighted by molar-refractivity contribution is 7.80. The zero-order valence-corrected chi connectivity index (χ0v) is 8.14. The fourth-order valence-corrected chi connectivity index (χ4v) is 0.925. The van der Waals surface area contributed by atoms with Gasteiger partial charge in [-0.25, -0.2) is 4.79 Å². The molecular formula is C6H9N5O2S. The van der Waals surface area contributed by atoms with Gasteiger partial charge in [-0.3, -0.25) is 15.5 Å². The number of carbonyl (C=O) groups is 2. The van der Waals surface area contributed by atoms with Crippen LogP contribution in [0.1, 0.15) is 6.92 Å². The van der Waals surface area contributed by atoms with E-state index in [1.807, 2.05) is 0 Å². The van der Waals surface area contributed by atoms with Gasteiger partial charge in [-0.15, -0.1) is 0 Å². The zero-order valence-electron chi connectivity index (χ0n) is 7.33. The molecule has 8 heteroatoms. The Morgan fingerprint density at radius 2 is 2.36 bits per heavy atom. The van der Waals surface area contributed by atoms with E-state index in [1.165, 1.54) is 13.1 Å². The van der Waals surface area contributed by atoms with E-state index >= 15 is 0 Å². The van der Waals surface area contributed by atoms with E-state index in [0.29, 0.717) is 0 Å². The summed E-state index contributed by atoms with van der Waals surface area (Å²) in [5.41, 5.74) is 6.22. The van der Waals surface area contributed by atoms with Crippen molar-refractivity contribution in [2.45, 2.75) is 12.5 Å². The molecule has 0 saturated carbocycles. The second-order valence-electron chi connectivity index (χ2n) is 2.84. The number of hydrazone groups is 1. The number of urea groups is 1. The van der Waals surface area contributed by atoms with Crippen LogP contribution in [0, 0.1) is 0 Å². The minimum Gasteiger partial charge on any atom is -0.375 e. The molecule has 1 fully saturated rings. The lowest BCUT2D eigenvalue weighted by atomic mass is 10.1. The standard InChI is InChI=1S/C6H9N5O2S/c1-6(2-8-11-4(7)14)3(12)9-5(13)10-6/h2H,1H3,(H3,7,11,14)(H2,9,10,12,13)/b8-2+/t6-/m0/s1. The van der Waals surface area contributed by atoms with Gasteiger partial charge in [-0.1, -0.05) is 0 Å². The van der Waals surface area contributed by atoms with Gasteiger partial charge in [0.05, 0.1) is 6.21 Å². The number of rotatable bonds is 2. The smallest absolute Gasteiger partial charge is 0.322 e. The number of carbonyl (C=O) groups excluding carboxylic acids is 2. The summed E-state index contributed by atoms with van der Waals surface area (Å²) >= 11 is 4.49. The highest BCUT2D eigenvalue weighted by Crippen LogP contribution is 2.05. The number of nitrogens with zero attached hydrogens (tertiary/aromatic N) is 1. The van der Waals surface area contributed by atoms with Gasteiger partial charge in [0.25, 0.3) is 5.91 Å². The Labute approximate surface area is 85.1 Å². The first kappa shape index (κ1) is 10.4. The largest absolute Gasteiger partial charge is 0.375 e. The maximum Gasteiger partial charge on any atom is 0.322 e. The predicted molar refractivity (Wildman–Crippen MR) is 53.5 cm³/mol. The number of nitrogens with one attached hydrogen (secondary N) is 3. The molecule has 1 heterocycles. The van der Waals surface area contributed by atoms with E-state index in [-0.39, 0.29) is 5.11 Å². The highest BCUT2D eigenvalue weighted by Gasteiger charge is 2.40. The van der Waals surface area contributed by atoms with Crippen LogP contribution in [-0.2, 0) is 4.79 Å². The van der Waals surface area contributed by atoms with Gasteiger partial charge in [0.2, 0.25) is 0 Å². The fraction of sp³-hybridized carbons (Fsp3) is 0.333. The van der Waals surface area contributed by atoms with Crippen molar-refractivity contribution in [3.05, 3.63) is 0 Å². The fourth-order valence-electron chi connectivity index (χ4n) is 0.873. The summed E-state index contributed by atoms with van der Waals surface area (Å²) in [6.45, 7) is 1.50. The van der Waals surface area contributed by atoms with Crippen LogP contribution in [0.2, 0.25) is 0 Å². The molecule has 14 heavy (non-hydrogen) atoms. The Balaban J connectivity index is 2.67. The molecule has 0 spiro atoms. The van der Waals surface area contributed by atoms with Gasteiger partial charge < -0.3 is 11.1 Å². The molecule has 0 bridgehead atoms. The van der Waals surface area contributed by atoms with Crippen LogP contribution in [0.15, 0.2) is 5.10 Å². The molecule has 5 N–H and O–H groups in total. The van der Waals surface area contributed by atoms with Crippen molar-refractivity contribution in [1.82, 2.24) is 16.1 Å². The predicted octanol–water partition coefficient (Wildman–Crippen LogP) is -1.60. The Kier molecular flexibility index (Phi) is 2.65. The number of hydrogen-bond acceptors (Lipinski definition) is 4. The normalized spacial score (nSPS) is 26.1. The monoisotopic (exact) mass is 215 g/mol. The second-order valence-corrected chi connectivity index (χ2v) is 3.28. The van der Waals surface area contributed by atoms with Crippen molar-refractivity contribution in [2.24, 2.45) is 10.8 Å². The molecule has 1 aliphatic rings. The van der Waals surface area contributed by atoms with Crippen LogP contribution in [0.25, 0.3) is 0 Å². The van der Waals surface area contributed by atoms with E-state index in [9.17, 15) is 9.59 Å². The molecule has 0 aromatic heterocycles. The first-order chi connectivity index (χ1) is 6.44. The lowest BCUT2D eigenvalue weighted by molar-refractivity contribution is -0.121. The SMILES string of the molecule is C[C@@]1(/C=N/NC(N)=S)NC(=O)NC1=O. The minimum absolute atomic E-state index is 0.0189. The van der Waals surface area contributed by atoms with Gasteiger partial charge in [0.15, 0.2) is 10.7 Å². The van der Waals surface area contributed by atoms with Crippen LogP contribution in [0.5, 0.6) is 0 Å². The molecule has 0 aromatic rings. The number of nitrogens with two attached hydrogens (primary N) is 1. The summed E-state index contributed by atoms with van der Waals surface area (Å²) < 4.78 is 0. The Hall–Kier alpha value is -1.70. The average Bonchev–Trinajstić information content (AvgIpc) is 2.25. The van der Waals surface area contributed by atoms with Crippen molar-refractivity contribution in [3.8, 4) is 0 Å². The minimum atomic E-state index is -1.16. The molecule has 0 radical (unpaired) electrons. The van der Waals surface area contributed by atoms with Crippen LogP contribution in [-0.4, -0.2) is 28.8 Å². The molecule has 1 saturated heterocycles. The molecule has 0 aromatic carbocycles. The third-order valence-electron chi connectivity index (χ3n) is 1.57. The molecule has 7 nitrogen and oxygen atoms in total. The number of thiocarbonyl (C=S) groups is 1. The van der Waals surface area contributed by atoms with E-state index < -0.39 is 17.5 Å². The van der Waals surface area contributed by atoms with Gasteiger partial charge in [-0.05, 0) is 19.1 Å². The quantitative estimate of drug-likeness (QED) is 0.192. The summed E-state index contributed by atoms with van der Waals surface area (Å²) in [4.78, 5) is 22.0. The van der Waals surface area contributed by atoms with E-state index in [0.717, 1.165) is 0 Å². The molecule has 3 amide bonds. The maximum absolute atomic E-state index is 11.2. The summed E-state index contributed by atoms with van der Waals surface area (Å²) in [7, 11) is 0. The van der Waals surface area contributed by atoms with Gasteiger partial charge in [-0.2, -0.15) is 5.10 Å². The lowest BCUT2D eigenvalue weighted by Crippen LogP contribution is -2.46. The third kappa shape index (κ3) is 2.16. The Morgan fingerprint density at radius 1 is 1.71 bits per heavy atom. The molecule has 1 rings (SSSR count). The van der Waals surface area contributed by atoms with Crippen molar-refractivity contribution in [2.75, 3.05) is 0 Å². The molecule has 0 aliphatic carbocycles. The van der Waals surface area contributed by atoms with Gasteiger partial charge in [0.1, 0.15) is 0 Å². The lowest BCUT2D eigenvalue weighted by Gasteiger charge is -2.13. The Morgan fingerprint density at radius 3 is 2.79 bits per heavy atom. The van der Waals surface area contributed by atoms with Gasteiger partial charge in [0, 0.05) is 0 Å². The Bertz CT molecular complexity index is 328. The third-order valence-corrected chi connectivity index (χ3v) is 1.66. The summed E-state index contributed by atoms with van der Waals surface area (Å²) in [5.74, 6) is -0.476. The van der Waals surface area contributed by atoms with E-state index in [1.54, 1.807) is 0 Å². The van der Waals surface area contributed by atoms with Crippen molar-refractivity contribution >= 4 is 35.5 Å². The molecular weight excluding hydrogens is 206 g/mol. The molecule has 1 atom stereocenters. The van der Waals surface area contributed by atoms with Crippen molar-refractivity contribution in [1.29, 1.82) is 0 Å². The molecule has 76 valence electrons. The van der Waals surface area contributed by atoms with E-state index in [2.05, 4.69) is 33.4 Å². The highest BCUT2D eigenvalue weighted by atomic mass is 32.1. The summed E-state index contributed by atoms with van der Waals surface area (Å²) in [5, 5.41) is 8.03. The van der Waals surface area contributed by atoms with Crippen molar-refractivity contribution < 1.29 is 9.59 Å². The molecule has 0 unspecified atom stereocenters. The first-order valence-electron chi connectivity index (χ1n) is 3.67. The topological polar surface area (TPSA) is 109 Å². The summed E-state index contributed by atoms with van der Waals surface area (Å²) in [6.07, 6.45) is 1.21. The van der Waals surface area contributed by atoms with Gasteiger partial charge >= 0.3 is 6.03 Å².